The Morgan fingerprint density at radius 2 is 1.76 bits per heavy atom. The van der Waals surface area contributed by atoms with Crippen LogP contribution in [0.25, 0.3) is 0 Å². The van der Waals surface area contributed by atoms with Crippen LogP contribution >= 0.6 is 11.6 Å². The van der Waals surface area contributed by atoms with Crippen molar-refractivity contribution in [3.8, 4) is 11.5 Å². The molecule has 3 aromatic rings. The van der Waals surface area contributed by atoms with Gasteiger partial charge in [-0.1, -0.05) is 35.9 Å². The first-order chi connectivity index (χ1) is 16.0. The van der Waals surface area contributed by atoms with Crippen LogP contribution in [-0.4, -0.2) is 47.3 Å². The van der Waals surface area contributed by atoms with Gasteiger partial charge in [-0.25, -0.2) is 4.72 Å². The largest absolute Gasteiger partial charge is 0.588 e. The molecular weight excluding hydrogens is 458 g/mol. The van der Waals surface area contributed by atoms with E-state index < -0.39 is 11.4 Å². The zero-order valence-corrected chi connectivity index (χ0v) is 20.1. The standard InChI is InChI=1S/C25H28ClN3O3S/c1-2-32-24-12-9-20(26)17-25(24)33(31)27-21-10-7-19(8-11-21)18-28-13-15-29(16-14-28)22-5-3-4-6-23(22)30/h3-12,17,27,30H,2,13-16,18H2,1H3. The number of hydrogen-bond donors (Lipinski definition) is 2. The number of para-hydroxylation sites is 2. The van der Waals surface area contributed by atoms with Gasteiger partial charge in [0.15, 0.2) is 5.75 Å². The molecule has 0 aliphatic carbocycles. The number of nitrogens with one attached hydrogen (secondary N) is 1. The van der Waals surface area contributed by atoms with Crippen molar-refractivity contribution in [3.05, 3.63) is 77.3 Å². The lowest BCUT2D eigenvalue weighted by Crippen LogP contribution is -2.45. The number of aromatic hydroxyl groups is 1. The van der Waals surface area contributed by atoms with Crippen molar-refractivity contribution < 1.29 is 14.4 Å². The first kappa shape index (κ1) is 23.6. The van der Waals surface area contributed by atoms with Gasteiger partial charge in [0, 0.05) is 43.8 Å². The van der Waals surface area contributed by atoms with Gasteiger partial charge < -0.3 is 19.3 Å². The number of phenols is 1. The summed E-state index contributed by atoms with van der Waals surface area (Å²) in [5.74, 6) is 0.893. The molecule has 2 N–H and O–H groups in total. The summed E-state index contributed by atoms with van der Waals surface area (Å²) in [5.41, 5.74) is 2.86. The normalized spacial score (nSPS) is 15.3. The van der Waals surface area contributed by atoms with Crippen molar-refractivity contribution in [1.29, 1.82) is 0 Å². The fourth-order valence-electron chi connectivity index (χ4n) is 3.88. The second-order valence-corrected chi connectivity index (χ2v) is 9.46. The molecule has 0 saturated carbocycles. The molecule has 1 aliphatic rings. The van der Waals surface area contributed by atoms with Crippen LogP contribution in [0.4, 0.5) is 11.4 Å². The third-order valence-corrected chi connectivity index (χ3v) is 6.95. The quantitative estimate of drug-likeness (QED) is 0.442. The molecule has 0 aromatic heterocycles. The Balaban J connectivity index is 1.32. The summed E-state index contributed by atoms with van der Waals surface area (Å²) in [6.45, 7) is 6.82. The molecule has 8 heteroatoms. The van der Waals surface area contributed by atoms with E-state index in [9.17, 15) is 9.66 Å². The van der Waals surface area contributed by atoms with Crippen LogP contribution in [0.15, 0.2) is 71.6 Å². The van der Waals surface area contributed by atoms with Gasteiger partial charge in [-0.15, -0.1) is 0 Å². The lowest BCUT2D eigenvalue weighted by molar-refractivity contribution is 0.249. The summed E-state index contributed by atoms with van der Waals surface area (Å²) in [7, 11) is 0. The van der Waals surface area contributed by atoms with E-state index in [-0.39, 0.29) is 0 Å². The minimum Gasteiger partial charge on any atom is -0.588 e. The highest BCUT2D eigenvalue weighted by Crippen LogP contribution is 2.30. The van der Waals surface area contributed by atoms with E-state index in [4.69, 9.17) is 16.3 Å². The van der Waals surface area contributed by atoms with E-state index in [1.807, 2.05) is 37.3 Å². The molecule has 0 spiro atoms. The zero-order chi connectivity index (χ0) is 23.2. The fraction of sp³-hybridized carbons (Fsp3) is 0.280. The highest BCUT2D eigenvalue weighted by Gasteiger charge is 2.21. The lowest BCUT2D eigenvalue weighted by Gasteiger charge is -2.36. The second-order valence-electron chi connectivity index (χ2n) is 7.84. The number of halogens is 1. The molecule has 1 unspecified atom stereocenters. The zero-order valence-electron chi connectivity index (χ0n) is 18.5. The number of nitrogens with zero attached hydrogens (tertiary/aromatic N) is 2. The van der Waals surface area contributed by atoms with E-state index in [0.29, 0.717) is 28.0 Å². The molecule has 1 heterocycles. The number of piperazine rings is 1. The molecule has 6 nitrogen and oxygen atoms in total. The minimum absolute atomic E-state index is 0.331. The van der Waals surface area contributed by atoms with Crippen LogP contribution < -0.4 is 14.4 Å². The van der Waals surface area contributed by atoms with Gasteiger partial charge in [-0.2, -0.15) is 0 Å². The van der Waals surface area contributed by atoms with Crippen LogP contribution in [0, 0.1) is 0 Å². The number of ether oxygens (including phenoxy) is 1. The number of hydrogen-bond acceptors (Lipinski definition) is 6. The van der Waals surface area contributed by atoms with Crippen molar-refractivity contribution >= 4 is 34.3 Å². The Bertz CT molecular complexity index is 1060. The van der Waals surface area contributed by atoms with Crippen LogP contribution in [-0.2, 0) is 17.9 Å². The van der Waals surface area contributed by atoms with E-state index in [1.165, 1.54) is 5.56 Å². The number of rotatable bonds is 8. The highest BCUT2D eigenvalue weighted by atomic mass is 35.5. The number of benzene rings is 3. The lowest BCUT2D eigenvalue weighted by atomic mass is 10.1. The Morgan fingerprint density at radius 1 is 1.03 bits per heavy atom. The Hall–Kier alpha value is -2.58. The number of anilines is 2. The summed E-state index contributed by atoms with van der Waals surface area (Å²) in [4.78, 5) is 5.15. The van der Waals surface area contributed by atoms with Gasteiger partial charge in [0.2, 0.25) is 4.90 Å². The summed E-state index contributed by atoms with van der Waals surface area (Å²) in [6.07, 6.45) is 0. The Kier molecular flexibility index (Phi) is 7.88. The van der Waals surface area contributed by atoms with E-state index >= 15 is 0 Å². The molecule has 1 aliphatic heterocycles. The molecule has 33 heavy (non-hydrogen) atoms. The van der Waals surface area contributed by atoms with Gasteiger partial charge in [0.05, 0.1) is 18.0 Å². The van der Waals surface area contributed by atoms with Gasteiger partial charge in [-0.3, -0.25) is 4.90 Å². The third kappa shape index (κ3) is 6.06. The predicted octanol–water partition coefficient (Wildman–Crippen LogP) is 4.90. The maximum atomic E-state index is 12.9. The van der Waals surface area contributed by atoms with E-state index in [1.54, 1.807) is 24.3 Å². The smallest absolute Gasteiger partial charge is 0.223 e. The summed E-state index contributed by atoms with van der Waals surface area (Å²) < 4.78 is 21.5. The first-order valence-electron chi connectivity index (χ1n) is 11.0. The van der Waals surface area contributed by atoms with Crippen LogP contribution in [0.3, 0.4) is 0 Å². The monoisotopic (exact) mass is 485 g/mol. The van der Waals surface area contributed by atoms with Crippen molar-refractivity contribution in [2.24, 2.45) is 0 Å². The van der Waals surface area contributed by atoms with Crippen molar-refractivity contribution in [2.45, 2.75) is 18.4 Å². The molecule has 3 aromatic carbocycles. The van der Waals surface area contributed by atoms with Crippen molar-refractivity contribution in [3.63, 3.8) is 0 Å². The average molecular weight is 486 g/mol. The predicted molar refractivity (Wildman–Crippen MR) is 135 cm³/mol. The minimum atomic E-state index is -1.49. The highest BCUT2D eigenvalue weighted by molar-refractivity contribution is 7.92. The topological polar surface area (TPSA) is 71.0 Å². The van der Waals surface area contributed by atoms with Crippen LogP contribution in [0.2, 0.25) is 5.02 Å². The Labute approximate surface area is 203 Å². The number of phenolic OH excluding ortho intramolecular Hbond substituents is 1. The fourth-order valence-corrected chi connectivity index (χ4v) is 5.12. The van der Waals surface area contributed by atoms with Crippen molar-refractivity contribution in [1.82, 2.24) is 4.90 Å². The molecular formula is C25H28ClN3O3S. The summed E-state index contributed by atoms with van der Waals surface area (Å²) in [6, 6.07) is 20.6. The third-order valence-electron chi connectivity index (χ3n) is 5.57. The second kappa shape index (κ2) is 11.0. The van der Waals surface area contributed by atoms with Gasteiger partial charge in [-0.05, 0) is 48.9 Å². The summed E-state index contributed by atoms with van der Waals surface area (Å²) in [5, 5.41) is 10.6. The van der Waals surface area contributed by atoms with E-state index in [2.05, 4.69) is 26.7 Å². The van der Waals surface area contributed by atoms with Crippen molar-refractivity contribution in [2.75, 3.05) is 42.4 Å². The molecule has 0 bridgehead atoms. The SMILES string of the molecule is CCOc1ccc(Cl)cc1[S+]([O-])Nc1ccc(CN2CCN(c3ccccc3O)CC2)cc1. The molecule has 1 saturated heterocycles. The van der Waals surface area contributed by atoms with Crippen LogP contribution in [0.1, 0.15) is 12.5 Å². The molecule has 1 fully saturated rings. The molecule has 4 rings (SSSR count). The van der Waals surface area contributed by atoms with Gasteiger partial charge in [0.25, 0.3) is 0 Å². The molecule has 0 amide bonds. The Morgan fingerprint density at radius 3 is 2.45 bits per heavy atom. The summed E-state index contributed by atoms with van der Waals surface area (Å²) >= 11 is 4.60. The first-order valence-corrected chi connectivity index (χ1v) is 12.5. The van der Waals surface area contributed by atoms with Crippen LogP contribution in [0.5, 0.6) is 11.5 Å². The van der Waals surface area contributed by atoms with Gasteiger partial charge in [0.1, 0.15) is 17.1 Å². The maximum absolute atomic E-state index is 12.9. The average Bonchev–Trinajstić information content (AvgIpc) is 2.82. The molecule has 174 valence electrons. The molecule has 1 atom stereocenters. The maximum Gasteiger partial charge on any atom is 0.223 e. The van der Waals surface area contributed by atoms with Gasteiger partial charge >= 0.3 is 0 Å². The van der Waals surface area contributed by atoms with E-state index in [0.717, 1.165) is 44.1 Å². The molecule has 0 radical (unpaired) electrons.